The van der Waals surface area contributed by atoms with Crippen LogP contribution in [0.1, 0.15) is 57.2 Å². The molecule has 1 saturated heterocycles. The van der Waals surface area contributed by atoms with Crippen molar-refractivity contribution in [3.63, 3.8) is 0 Å². The number of likely N-dealkylation sites (tertiary alicyclic amines) is 1. The Kier molecular flexibility index (Phi) is 5.37. The van der Waals surface area contributed by atoms with Crippen molar-refractivity contribution in [1.29, 1.82) is 0 Å². The second-order valence-electron chi connectivity index (χ2n) is 8.79. The number of nitrogens with one attached hydrogen (secondary N) is 1. The summed E-state index contributed by atoms with van der Waals surface area (Å²) in [5, 5.41) is 11.5. The van der Waals surface area contributed by atoms with Crippen LogP contribution in [-0.4, -0.2) is 50.5 Å². The van der Waals surface area contributed by atoms with Crippen molar-refractivity contribution < 1.29 is 9.32 Å². The predicted octanol–water partition coefficient (Wildman–Crippen LogP) is 2.83. The third-order valence-electron chi connectivity index (χ3n) is 5.76. The molecule has 1 saturated carbocycles. The third kappa shape index (κ3) is 4.54. The molecule has 2 aliphatic rings. The number of piperidine rings is 1. The number of amides is 2. The summed E-state index contributed by atoms with van der Waals surface area (Å²) in [7, 11) is 0. The molecular formula is C20H30N6O2. The van der Waals surface area contributed by atoms with Crippen LogP contribution >= 0.6 is 0 Å². The summed E-state index contributed by atoms with van der Waals surface area (Å²) in [6.07, 6.45) is 8.81. The van der Waals surface area contributed by atoms with Crippen LogP contribution in [0.15, 0.2) is 23.0 Å². The first-order valence-electron chi connectivity index (χ1n) is 10.4. The predicted molar refractivity (Wildman–Crippen MR) is 104 cm³/mol. The highest BCUT2D eigenvalue weighted by Gasteiger charge is 2.43. The van der Waals surface area contributed by atoms with Gasteiger partial charge in [0.05, 0.1) is 5.92 Å². The third-order valence-corrected chi connectivity index (χ3v) is 5.76. The Labute approximate surface area is 165 Å². The molecule has 2 fully saturated rings. The molecule has 2 aromatic rings. The number of hydrogen-bond acceptors (Lipinski definition) is 5. The second kappa shape index (κ2) is 7.93. The van der Waals surface area contributed by atoms with Crippen LogP contribution in [0.4, 0.5) is 4.79 Å². The molecule has 2 amide bonds. The molecule has 0 radical (unpaired) electrons. The fraction of sp³-hybridized carbons (Fsp3) is 0.700. The highest BCUT2D eigenvalue weighted by atomic mass is 16.5. The smallest absolute Gasteiger partial charge is 0.317 e. The molecule has 0 aromatic carbocycles. The Balaban J connectivity index is 1.29. The van der Waals surface area contributed by atoms with Gasteiger partial charge in [-0.25, -0.2) is 4.79 Å². The molecule has 3 heterocycles. The Morgan fingerprint density at radius 3 is 3.00 bits per heavy atom. The van der Waals surface area contributed by atoms with E-state index < -0.39 is 0 Å². The van der Waals surface area contributed by atoms with Crippen molar-refractivity contribution in [2.24, 2.45) is 11.3 Å². The summed E-state index contributed by atoms with van der Waals surface area (Å²) in [5.74, 6) is 2.06. The number of urea groups is 1. The molecule has 1 aliphatic heterocycles. The molecule has 28 heavy (non-hydrogen) atoms. The van der Waals surface area contributed by atoms with Crippen LogP contribution in [0.2, 0.25) is 0 Å². The highest BCUT2D eigenvalue weighted by Crippen LogP contribution is 2.46. The van der Waals surface area contributed by atoms with Crippen molar-refractivity contribution in [2.45, 2.75) is 58.4 Å². The lowest BCUT2D eigenvalue weighted by molar-refractivity contribution is 0.169. The first-order valence-corrected chi connectivity index (χ1v) is 10.4. The molecule has 0 bridgehead atoms. The molecule has 1 aliphatic carbocycles. The number of nitrogens with zero attached hydrogens (tertiary/aromatic N) is 5. The van der Waals surface area contributed by atoms with E-state index >= 15 is 0 Å². The molecular weight excluding hydrogens is 356 g/mol. The fourth-order valence-electron chi connectivity index (χ4n) is 3.92. The summed E-state index contributed by atoms with van der Waals surface area (Å²) in [6.45, 7) is 7.27. The lowest BCUT2D eigenvalue weighted by Crippen LogP contribution is -2.46. The van der Waals surface area contributed by atoms with Gasteiger partial charge in [0.25, 0.3) is 0 Å². The lowest BCUT2D eigenvalue weighted by atomic mass is 9.98. The summed E-state index contributed by atoms with van der Waals surface area (Å²) >= 11 is 0. The number of carbonyl (C=O) groups is 1. The summed E-state index contributed by atoms with van der Waals surface area (Å²) < 4.78 is 7.45. The van der Waals surface area contributed by atoms with Gasteiger partial charge in [0, 0.05) is 50.4 Å². The van der Waals surface area contributed by atoms with Crippen LogP contribution in [0.5, 0.6) is 0 Å². The number of rotatable bonds is 7. The Morgan fingerprint density at radius 2 is 2.29 bits per heavy atom. The lowest BCUT2D eigenvalue weighted by Gasteiger charge is -2.31. The van der Waals surface area contributed by atoms with E-state index in [-0.39, 0.29) is 17.4 Å². The summed E-state index contributed by atoms with van der Waals surface area (Å²) in [4.78, 5) is 19.2. The Morgan fingerprint density at radius 1 is 1.43 bits per heavy atom. The van der Waals surface area contributed by atoms with Crippen molar-refractivity contribution in [3.8, 4) is 0 Å². The largest absolute Gasteiger partial charge is 0.339 e. The van der Waals surface area contributed by atoms with E-state index in [1.54, 1.807) is 6.20 Å². The molecule has 8 nitrogen and oxygen atoms in total. The number of aromatic nitrogens is 4. The Hall–Kier alpha value is -2.38. The first-order chi connectivity index (χ1) is 13.5. The number of hydrogen-bond donors (Lipinski definition) is 1. The van der Waals surface area contributed by atoms with Crippen molar-refractivity contribution in [2.75, 3.05) is 19.6 Å². The van der Waals surface area contributed by atoms with Crippen molar-refractivity contribution in [3.05, 3.63) is 30.2 Å². The molecule has 1 N–H and O–H groups in total. The van der Waals surface area contributed by atoms with Crippen LogP contribution in [0.3, 0.4) is 0 Å². The summed E-state index contributed by atoms with van der Waals surface area (Å²) in [5.41, 5.74) is 0.162. The SMILES string of the molecule is CC(C)Cc1noc([C@H]2CCCN(C(=O)NCC3(Cn4cccn4)CC3)C2)n1. The number of carbonyl (C=O) groups excluding carboxylic acids is 1. The van der Waals surface area contributed by atoms with E-state index in [1.165, 1.54) is 0 Å². The zero-order valence-corrected chi connectivity index (χ0v) is 16.8. The Bertz CT molecular complexity index is 780. The van der Waals surface area contributed by atoms with E-state index in [9.17, 15) is 4.79 Å². The minimum Gasteiger partial charge on any atom is -0.339 e. The minimum atomic E-state index is 0.0124. The first kappa shape index (κ1) is 19.0. The second-order valence-corrected chi connectivity index (χ2v) is 8.79. The van der Waals surface area contributed by atoms with Crippen LogP contribution in [0, 0.1) is 11.3 Å². The monoisotopic (exact) mass is 386 g/mol. The topological polar surface area (TPSA) is 89.1 Å². The van der Waals surface area contributed by atoms with Crippen LogP contribution in [0.25, 0.3) is 0 Å². The van der Waals surface area contributed by atoms with Crippen molar-refractivity contribution >= 4 is 6.03 Å². The van der Waals surface area contributed by atoms with Gasteiger partial charge >= 0.3 is 6.03 Å². The highest BCUT2D eigenvalue weighted by molar-refractivity contribution is 5.74. The van der Waals surface area contributed by atoms with Gasteiger partial charge in [-0.2, -0.15) is 10.1 Å². The van der Waals surface area contributed by atoms with Gasteiger partial charge < -0.3 is 14.7 Å². The van der Waals surface area contributed by atoms with Crippen molar-refractivity contribution in [1.82, 2.24) is 30.1 Å². The fourth-order valence-corrected chi connectivity index (χ4v) is 3.92. The van der Waals surface area contributed by atoms with Gasteiger partial charge in [-0.1, -0.05) is 19.0 Å². The molecule has 8 heteroatoms. The zero-order valence-electron chi connectivity index (χ0n) is 16.8. The molecule has 0 unspecified atom stereocenters. The van der Waals surface area contributed by atoms with Gasteiger partial charge in [-0.05, 0) is 37.7 Å². The standard InChI is InChI=1S/C20H30N6O2/c1-15(2)11-17-23-18(28-24-17)16-5-3-9-25(12-16)19(27)21-13-20(6-7-20)14-26-10-4-8-22-26/h4,8,10,15-16H,3,5-7,9,11-14H2,1-2H3,(H,21,27)/t16-/m0/s1. The molecule has 1 atom stereocenters. The van der Waals surface area contributed by atoms with Gasteiger partial charge in [-0.3, -0.25) is 4.68 Å². The van der Waals surface area contributed by atoms with E-state index in [2.05, 4.69) is 34.4 Å². The van der Waals surface area contributed by atoms with Gasteiger partial charge in [0.15, 0.2) is 5.82 Å². The van der Waals surface area contributed by atoms with Gasteiger partial charge in [-0.15, -0.1) is 0 Å². The van der Waals surface area contributed by atoms with Crippen LogP contribution in [-0.2, 0) is 13.0 Å². The average Bonchev–Trinajstić information content (AvgIpc) is 3.06. The molecule has 152 valence electrons. The summed E-state index contributed by atoms with van der Waals surface area (Å²) in [6, 6.07) is 1.95. The normalized spacial score (nSPS) is 21.1. The molecule has 4 rings (SSSR count). The molecule has 2 aromatic heterocycles. The minimum absolute atomic E-state index is 0.0124. The molecule has 0 spiro atoms. The quantitative estimate of drug-likeness (QED) is 0.790. The van der Waals surface area contributed by atoms with Crippen LogP contribution < -0.4 is 5.32 Å². The maximum absolute atomic E-state index is 12.7. The average molecular weight is 387 g/mol. The zero-order chi connectivity index (χ0) is 19.6. The van der Waals surface area contributed by atoms with Gasteiger partial charge in [0.1, 0.15) is 0 Å². The van der Waals surface area contributed by atoms with Gasteiger partial charge in [0.2, 0.25) is 5.89 Å². The van der Waals surface area contributed by atoms with E-state index in [4.69, 9.17) is 4.52 Å². The maximum Gasteiger partial charge on any atom is 0.317 e. The van der Waals surface area contributed by atoms with E-state index in [0.29, 0.717) is 24.9 Å². The van der Waals surface area contributed by atoms with E-state index in [0.717, 1.165) is 51.0 Å². The maximum atomic E-state index is 12.7. The van der Waals surface area contributed by atoms with E-state index in [1.807, 2.05) is 21.8 Å².